The number of morpholine rings is 1. The minimum absolute atomic E-state index is 0. The Hall–Kier alpha value is -1.58. The lowest BCUT2D eigenvalue weighted by Crippen LogP contribution is -2.45. The summed E-state index contributed by atoms with van der Waals surface area (Å²) in [5.41, 5.74) is 1.33. The molecule has 2 aromatic rings. The Kier molecular flexibility index (Phi) is 11.1. The zero-order chi connectivity index (χ0) is 19.4. The van der Waals surface area contributed by atoms with Crippen LogP contribution in [0.5, 0.6) is 0 Å². The number of hydrogen-bond acceptors (Lipinski definition) is 4. The van der Waals surface area contributed by atoms with Gasteiger partial charge in [-0.2, -0.15) is 0 Å². The van der Waals surface area contributed by atoms with Gasteiger partial charge in [-0.3, -0.25) is 9.89 Å². The first-order valence-corrected chi connectivity index (χ1v) is 10.2. The van der Waals surface area contributed by atoms with Crippen LogP contribution in [-0.4, -0.2) is 62.8 Å². The first-order chi connectivity index (χ1) is 13.8. The number of halogens is 1. The average molecular weight is 512 g/mol. The highest BCUT2D eigenvalue weighted by atomic mass is 127. The van der Waals surface area contributed by atoms with E-state index in [1.165, 1.54) is 5.56 Å². The van der Waals surface area contributed by atoms with Gasteiger partial charge in [0.2, 0.25) is 0 Å². The zero-order valence-corrected chi connectivity index (χ0v) is 19.5. The molecule has 1 aromatic carbocycles. The molecule has 1 unspecified atom stereocenters. The molecule has 2 N–H and O–H groups in total. The SMILES string of the molecule is CC(CN=C(NCCc1ccccc1)NCCc1ccco1)N1CCOCC1.I. The van der Waals surface area contributed by atoms with Crippen LogP contribution in [0.3, 0.4) is 0 Å². The van der Waals surface area contributed by atoms with Gasteiger partial charge in [-0.15, -0.1) is 24.0 Å². The first kappa shape index (κ1) is 23.7. The Labute approximate surface area is 191 Å². The van der Waals surface area contributed by atoms with E-state index < -0.39 is 0 Å². The first-order valence-electron chi connectivity index (χ1n) is 10.2. The Balaban J connectivity index is 0.00000300. The minimum Gasteiger partial charge on any atom is -0.469 e. The van der Waals surface area contributed by atoms with Crippen LogP contribution in [0.1, 0.15) is 18.2 Å². The number of nitrogens with one attached hydrogen (secondary N) is 2. The Morgan fingerprint density at radius 2 is 1.76 bits per heavy atom. The molecule has 0 saturated carbocycles. The van der Waals surface area contributed by atoms with Crippen LogP contribution in [0.25, 0.3) is 0 Å². The molecule has 1 saturated heterocycles. The molecule has 160 valence electrons. The van der Waals surface area contributed by atoms with Crippen molar-refractivity contribution in [2.75, 3.05) is 45.9 Å². The highest BCUT2D eigenvalue weighted by molar-refractivity contribution is 14.0. The number of aliphatic imine (C=N–C) groups is 1. The van der Waals surface area contributed by atoms with Crippen molar-refractivity contribution in [1.29, 1.82) is 0 Å². The Bertz CT molecular complexity index is 688. The predicted octanol–water partition coefficient (Wildman–Crippen LogP) is 2.94. The quantitative estimate of drug-likeness (QED) is 0.308. The summed E-state index contributed by atoms with van der Waals surface area (Å²) in [5.74, 6) is 1.85. The minimum atomic E-state index is 0. The maximum Gasteiger partial charge on any atom is 0.191 e. The summed E-state index contributed by atoms with van der Waals surface area (Å²) in [6.45, 7) is 8.24. The lowest BCUT2D eigenvalue weighted by Gasteiger charge is -2.31. The lowest BCUT2D eigenvalue weighted by atomic mass is 10.1. The van der Waals surface area contributed by atoms with Crippen molar-refractivity contribution in [3.05, 3.63) is 60.1 Å². The molecule has 0 aliphatic carbocycles. The number of guanidine groups is 1. The third kappa shape index (κ3) is 8.76. The molecule has 0 bridgehead atoms. The van der Waals surface area contributed by atoms with Gasteiger partial charge in [-0.25, -0.2) is 0 Å². The second-order valence-corrected chi connectivity index (χ2v) is 7.11. The van der Waals surface area contributed by atoms with Crippen LogP contribution in [0, 0.1) is 0 Å². The molecule has 3 rings (SSSR count). The van der Waals surface area contributed by atoms with Crippen LogP contribution >= 0.6 is 24.0 Å². The van der Waals surface area contributed by atoms with Gasteiger partial charge in [0.15, 0.2) is 5.96 Å². The van der Waals surface area contributed by atoms with Crippen molar-refractivity contribution in [2.24, 2.45) is 4.99 Å². The summed E-state index contributed by atoms with van der Waals surface area (Å²) in [4.78, 5) is 7.27. The monoisotopic (exact) mass is 512 g/mol. The van der Waals surface area contributed by atoms with Crippen LogP contribution in [-0.2, 0) is 17.6 Å². The summed E-state index contributed by atoms with van der Waals surface area (Å²) < 4.78 is 10.9. The van der Waals surface area contributed by atoms with Crippen molar-refractivity contribution in [1.82, 2.24) is 15.5 Å². The summed E-state index contributed by atoms with van der Waals surface area (Å²) in [7, 11) is 0. The fourth-order valence-corrected chi connectivity index (χ4v) is 3.26. The average Bonchev–Trinajstić information content (AvgIpc) is 3.26. The molecular formula is C22H33IN4O2. The third-order valence-corrected chi connectivity index (χ3v) is 4.98. The lowest BCUT2D eigenvalue weighted by molar-refractivity contribution is 0.0220. The number of hydrogen-bond donors (Lipinski definition) is 2. The summed E-state index contributed by atoms with van der Waals surface area (Å²) in [6.07, 6.45) is 3.52. The van der Waals surface area contributed by atoms with Gasteiger partial charge in [0.25, 0.3) is 0 Å². The predicted molar refractivity (Wildman–Crippen MR) is 128 cm³/mol. The molecule has 0 amide bonds. The number of benzene rings is 1. The normalized spacial score (nSPS) is 16.1. The summed E-state index contributed by atoms with van der Waals surface area (Å²) in [5, 5.41) is 6.91. The fraction of sp³-hybridized carbons (Fsp3) is 0.500. The summed E-state index contributed by atoms with van der Waals surface area (Å²) >= 11 is 0. The van der Waals surface area contributed by atoms with Gasteiger partial charge in [0, 0.05) is 38.6 Å². The van der Waals surface area contributed by atoms with Crippen LogP contribution in [0.15, 0.2) is 58.1 Å². The third-order valence-electron chi connectivity index (χ3n) is 4.98. The zero-order valence-electron chi connectivity index (χ0n) is 17.2. The van der Waals surface area contributed by atoms with Gasteiger partial charge in [-0.1, -0.05) is 30.3 Å². The van der Waals surface area contributed by atoms with E-state index in [1.54, 1.807) is 6.26 Å². The van der Waals surface area contributed by atoms with Gasteiger partial charge in [0.1, 0.15) is 5.76 Å². The molecule has 1 atom stereocenters. The molecule has 6 nitrogen and oxygen atoms in total. The second-order valence-electron chi connectivity index (χ2n) is 7.11. The molecule has 7 heteroatoms. The van der Waals surface area contributed by atoms with E-state index in [0.29, 0.717) is 6.04 Å². The van der Waals surface area contributed by atoms with Crippen LogP contribution in [0.2, 0.25) is 0 Å². The van der Waals surface area contributed by atoms with Gasteiger partial charge in [-0.05, 0) is 31.0 Å². The molecule has 0 spiro atoms. The van der Waals surface area contributed by atoms with E-state index in [9.17, 15) is 0 Å². The number of nitrogens with zero attached hydrogens (tertiary/aromatic N) is 2. The van der Waals surface area contributed by atoms with Gasteiger partial charge >= 0.3 is 0 Å². The Morgan fingerprint density at radius 1 is 1.03 bits per heavy atom. The van der Waals surface area contributed by atoms with E-state index in [4.69, 9.17) is 14.1 Å². The number of furan rings is 1. The summed E-state index contributed by atoms with van der Waals surface area (Å²) in [6, 6.07) is 14.8. The second kappa shape index (κ2) is 13.6. The molecule has 1 fully saturated rings. The van der Waals surface area contributed by atoms with Crippen molar-refractivity contribution in [3.8, 4) is 0 Å². The fourth-order valence-electron chi connectivity index (χ4n) is 3.26. The van der Waals surface area contributed by atoms with Crippen LogP contribution in [0.4, 0.5) is 0 Å². The molecular weight excluding hydrogens is 479 g/mol. The molecule has 1 aromatic heterocycles. The van der Waals surface area contributed by atoms with Crippen molar-refractivity contribution < 1.29 is 9.15 Å². The Morgan fingerprint density at radius 3 is 2.45 bits per heavy atom. The van der Waals surface area contributed by atoms with Crippen molar-refractivity contribution in [2.45, 2.75) is 25.8 Å². The maximum absolute atomic E-state index is 5.45. The highest BCUT2D eigenvalue weighted by Gasteiger charge is 2.16. The molecule has 2 heterocycles. The van der Waals surface area contributed by atoms with E-state index in [-0.39, 0.29) is 24.0 Å². The largest absolute Gasteiger partial charge is 0.469 e. The topological polar surface area (TPSA) is 62.0 Å². The van der Waals surface area contributed by atoms with E-state index in [0.717, 1.165) is 70.5 Å². The van der Waals surface area contributed by atoms with Crippen LogP contribution < -0.4 is 10.6 Å². The highest BCUT2D eigenvalue weighted by Crippen LogP contribution is 2.04. The number of ether oxygens (including phenoxy) is 1. The van der Waals surface area contributed by atoms with Crippen molar-refractivity contribution >= 4 is 29.9 Å². The number of rotatable bonds is 9. The van der Waals surface area contributed by atoms with E-state index >= 15 is 0 Å². The molecule has 0 radical (unpaired) electrons. The van der Waals surface area contributed by atoms with Crippen molar-refractivity contribution in [3.63, 3.8) is 0 Å². The standard InChI is InChI=1S/C22H32N4O2.HI/c1-19(26-13-16-27-17-14-26)18-25-22(24-12-10-21-8-5-15-28-21)23-11-9-20-6-3-2-4-7-20;/h2-8,15,19H,9-14,16-18H2,1H3,(H2,23,24,25);1H. The molecule has 29 heavy (non-hydrogen) atoms. The smallest absolute Gasteiger partial charge is 0.191 e. The van der Waals surface area contributed by atoms with E-state index in [2.05, 4.69) is 46.7 Å². The maximum atomic E-state index is 5.45. The van der Waals surface area contributed by atoms with Gasteiger partial charge < -0.3 is 19.8 Å². The van der Waals surface area contributed by atoms with Gasteiger partial charge in [0.05, 0.1) is 26.0 Å². The molecule has 1 aliphatic heterocycles. The van der Waals surface area contributed by atoms with E-state index in [1.807, 2.05) is 18.2 Å². The molecule has 1 aliphatic rings.